The van der Waals surface area contributed by atoms with E-state index in [-0.39, 0.29) is 18.0 Å². The molecule has 0 radical (unpaired) electrons. The summed E-state index contributed by atoms with van der Waals surface area (Å²) in [4.78, 5) is 38.7. The van der Waals surface area contributed by atoms with Crippen LogP contribution in [0, 0.1) is 0 Å². The molecule has 0 spiro atoms. The van der Waals surface area contributed by atoms with Gasteiger partial charge in [-0.2, -0.15) is 0 Å². The van der Waals surface area contributed by atoms with Gasteiger partial charge < -0.3 is 24.5 Å². The lowest BCUT2D eigenvalue weighted by Gasteiger charge is -2.07. The van der Waals surface area contributed by atoms with Crippen molar-refractivity contribution in [2.45, 2.75) is 13.8 Å². The number of methoxy groups -OCH3 is 2. The first kappa shape index (κ1) is 19.0. The normalized spacial score (nSPS) is 11.2. The number of aromatic amines is 1. The summed E-state index contributed by atoms with van der Waals surface area (Å²) < 4.78 is 15.0. The second kappa shape index (κ2) is 8.19. The zero-order valence-corrected chi connectivity index (χ0v) is 15.0. The predicted molar refractivity (Wildman–Crippen MR) is 94.6 cm³/mol. The van der Waals surface area contributed by atoms with Gasteiger partial charge in [0.2, 0.25) is 5.91 Å². The molecule has 8 nitrogen and oxygen atoms in total. The lowest BCUT2D eigenvalue weighted by Crippen LogP contribution is -2.25. The number of hydrogen-bond acceptors (Lipinski definition) is 6. The summed E-state index contributed by atoms with van der Waals surface area (Å²) >= 11 is 0. The number of nitrogens with one attached hydrogen (secondary N) is 2. The molecule has 138 valence electrons. The molecule has 0 aliphatic heterocycles. The van der Waals surface area contributed by atoms with E-state index in [1.54, 1.807) is 25.1 Å². The summed E-state index contributed by atoms with van der Waals surface area (Å²) in [6.07, 6.45) is 1.37. The number of amides is 1. The highest BCUT2D eigenvalue weighted by Crippen LogP contribution is 2.29. The van der Waals surface area contributed by atoms with Gasteiger partial charge in [0.05, 0.1) is 20.8 Å². The molecule has 0 saturated heterocycles. The number of H-pyrrole nitrogens is 1. The monoisotopic (exact) mass is 360 g/mol. The maximum Gasteiger partial charge on any atom is 0.355 e. The summed E-state index contributed by atoms with van der Waals surface area (Å²) in [5.74, 6) is -1.20. The molecule has 1 heterocycles. The average molecular weight is 360 g/mol. The van der Waals surface area contributed by atoms with Gasteiger partial charge in [0.1, 0.15) is 17.1 Å². The highest BCUT2D eigenvalue weighted by molar-refractivity contribution is 6.06. The summed E-state index contributed by atoms with van der Waals surface area (Å²) in [5, 5.41) is 3.03. The van der Waals surface area contributed by atoms with Crippen LogP contribution in [0.4, 0.5) is 0 Å². The van der Waals surface area contributed by atoms with Gasteiger partial charge in [0, 0.05) is 23.4 Å². The Labute approximate surface area is 150 Å². The second-order valence-corrected chi connectivity index (χ2v) is 5.28. The van der Waals surface area contributed by atoms with Gasteiger partial charge in [-0.15, -0.1) is 0 Å². The number of benzene rings is 1. The van der Waals surface area contributed by atoms with Gasteiger partial charge in [-0.3, -0.25) is 4.79 Å². The zero-order valence-electron chi connectivity index (χ0n) is 15.0. The van der Waals surface area contributed by atoms with E-state index in [9.17, 15) is 14.4 Å². The fourth-order valence-electron chi connectivity index (χ4n) is 2.42. The van der Waals surface area contributed by atoms with Gasteiger partial charge in [-0.25, -0.2) is 9.59 Å². The van der Waals surface area contributed by atoms with Crippen LogP contribution in [0.25, 0.3) is 17.0 Å². The Balaban J connectivity index is 2.72. The van der Waals surface area contributed by atoms with Crippen molar-refractivity contribution >= 4 is 34.8 Å². The van der Waals surface area contributed by atoms with E-state index in [2.05, 4.69) is 10.3 Å². The van der Waals surface area contributed by atoms with E-state index in [1.807, 2.05) is 0 Å². The summed E-state index contributed by atoms with van der Waals surface area (Å²) in [6.45, 7) is 3.15. The minimum Gasteiger partial charge on any atom is -0.497 e. The number of rotatable bonds is 6. The first-order valence-electron chi connectivity index (χ1n) is 7.85. The first-order valence-corrected chi connectivity index (χ1v) is 7.85. The lowest BCUT2D eigenvalue weighted by atomic mass is 10.1. The molecule has 0 aliphatic rings. The minimum absolute atomic E-state index is 0.103. The Morgan fingerprint density at radius 1 is 1.23 bits per heavy atom. The van der Waals surface area contributed by atoms with Crippen LogP contribution in [0.5, 0.6) is 5.75 Å². The van der Waals surface area contributed by atoms with E-state index in [4.69, 9.17) is 14.2 Å². The number of fused-ring (bicyclic) bond motifs is 1. The minimum atomic E-state index is -0.743. The number of esters is 2. The fourth-order valence-corrected chi connectivity index (χ4v) is 2.42. The van der Waals surface area contributed by atoms with Crippen LogP contribution in [-0.4, -0.2) is 43.7 Å². The highest BCUT2D eigenvalue weighted by Gasteiger charge is 2.21. The summed E-state index contributed by atoms with van der Waals surface area (Å²) in [5.41, 5.74) is 1.08. The van der Waals surface area contributed by atoms with Crippen LogP contribution in [-0.2, 0) is 19.1 Å². The molecule has 0 fully saturated rings. The molecule has 1 aromatic heterocycles. The molecule has 26 heavy (non-hydrogen) atoms. The fraction of sp³-hybridized carbons (Fsp3) is 0.278. The zero-order chi connectivity index (χ0) is 19.3. The topological polar surface area (TPSA) is 107 Å². The van der Waals surface area contributed by atoms with Crippen molar-refractivity contribution in [1.29, 1.82) is 0 Å². The van der Waals surface area contributed by atoms with Crippen LogP contribution in [0.2, 0.25) is 0 Å². The molecular formula is C18H20N2O6. The van der Waals surface area contributed by atoms with Crippen LogP contribution in [0.3, 0.4) is 0 Å². The number of ether oxygens (including phenoxy) is 3. The number of aromatic nitrogens is 1. The van der Waals surface area contributed by atoms with Crippen LogP contribution >= 0.6 is 0 Å². The average Bonchev–Trinajstić information content (AvgIpc) is 2.98. The molecule has 0 atom stereocenters. The Morgan fingerprint density at radius 3 is 2.54 bits per heavy atom. The molecule has 1 aromatic carbocycles. The Bertz CT molecular complexity index is 881. The van der Waals surface area contributed by atoms with Crippen molar-refractivity contribution in [3.05, 3.63) is 35.2 Å². The maximum atomic E-state index is 12.3. The van der Waals surface area contributed by atoms with Crippen molar-refractivity contribution < 1.29 is 28.6 Å². The quantitative estimate of drug-likeness (QED) is 0.603. The van der Waals surface area contributed by atoms with Gasteiger partial charge in [-0.1, -0.05) is 0 Å². The smallest absolute Gasteiger partial charge is 0.355 e. The van der Waals surface area contributed by atoms with Crippen molar-refractivity contribution in [2.24, 2.45) is 0 Å². The molecule has 1 amide bonds. The molecule has 0 bridgehead atoms. The van der Waals surface area contributed by atoms with Gasteiger partial charge in [0.15, 0.2) is 0 Å². The van der Waals surface area contributed by atoms with Crippen LogP contribution in [0.15, 0.2) is 23.9 Å². The van der Waals surface area contributed by atoms with E-state index in [0.717, 1.165) is 0 Å². The van der Waals surface area contributed by atoms with Gasteiger partial charge in [-0.05, 0) is 31.2 Å². The SMILES string of the molecule is CCOC(=O)c1[nH]c2ccc(OC)cc2c1/C=C(\NC(C)=O)C(=O)OC. The van der Waals surface area contributed by atoms with E-state index in [0.29, 0.717) is 22.2 Å². The molecule has 0 unspecified atom stereocenters. The summed E-state index contributed by atoms with van der Waals surface area (Å²) in [6, 6.07) is 5.18. The number of carbonyl (C=O) groups excluding carboxylic acids is 3. The van der Waals surface area contributed by atoms with Crippen LogP contribution in [0.1, 0.15) is 29.9 Å². The Hall–Kier alpha value is -3.29. The van der Waals surface area contributed by atoms with Crippen LogP contribution < -0.4 is 10.1 Å². The highest BCUT2D eigenvalue weighted by atomic mass is 16.5. The molecule has 0 saturated carbocycles. The third kappa shape index (κ3) is 4.02. The number of carbonyl (C=O) groups is 3. The molecule has 2 N–H and O–H groups in total. The van der Waals surface area contributed by atoms with Gasteiger partial charge >= 0.3 is 11.9 Å². The predicted octanol–water partition coefficient (Wildman–Crippen LogP) is 2.00. The Morgan fingerprint density at radius 2 is 1.96 bits per heavy atom. The lowest BCUT2D eigenvalue weighted by molar-refractivity contribution is -0.137. The Kier molecular flexibility index (Phi) is 6.00. The third-order valence-corrected chi connectivity index (χ3v) is 3.53. The molecular weight excluding hydrogens is 340 g/mol. The molecule has 2 aromatic rings. The van der Waals surface area contributed by atoms with Crippen molar-refractivity contribution in [2.75, 3.05) is 20.8 Å². The van der Waals surface area contributed by atoms with Crippen molar-refractivity contribution in [3.63, 3.8) is 0 Å². The number of hydrogen-bond donors (Lipinski definition) is 2. The standard InChI is InChI=1S/C18H20N2O6/c1-5-26-18(23)16-13(9-15(17(22)25-4)19-10(2)21)12-8-11(24-3)6-7-14(12)20-16/h6-9,20H,5H2,1-4H3,(H,19,21)/b15-9-. The largest absolute Gasteiger partial charge is 0.497 e. The third-order valence-electron chi connectivity index (χ3n) is 3.53. The second-order valence-electron chi connectivity index (χ2n) is 5.28. The maximum absolute atomic E-state index is 12.3. The molecule has 2 rings (SSSR count). The summed E-state index contributed by atoms with van der Waals surface area (Å²) in [7, 11) is 2.72. The molecule has 8 heteroatoms. The van der Waals surface area contributed by atoms with Crippen molar-refractivity contribution in [1.82, 2.24) is 10.3 Å². The van der Waals surface area contributed by atoms with E-state index in [1.165, 1.54) is 27.2 Å². The van der Waals surface area contributed by atoms with Gasteiger partial charge in [0.25, 0.3) is 0 Å². The van der Waals surface area contributed by atoms with Crippen molar-refractivity contribution in [3.8, 4) is 5.75 Å². The van der Waals surface area contributed by atoms with E-state index >= 15 is 0 Å². The first-order chi connectivity index (χ1) is 12.4. The van der Waals surface area contributed by atoms with E-state index < -0.39 is 17.8 Å². The molecule has 0 aliphatic carbocycles.